The third-order valence-electron chi connectivity index (χ3n) is 8.34. The van der Waals surface area contributed by atoms with Gasteiger partial charge in [0.25, 0.3) is 11.4 Å². The standard InChI is InChI=1S/C23H24N3.C14H14N.Ir/c1-16(2)26-19-11-5-4-9-17(19)18-10-8-14-22(23(18)26)25-15-24(3)20-12-6-7-13-21(20)25;1-10-4-6-13(7-5-10)14-8-11(2)12(3)9-15-14;/h4-5,8-11,16H,6-7,12-13H2,1-3H3;4-6,8-9H,1-3H3;/q+1;-1;. The van der Waals surface area contributed by atoms with Crippen molar-refractivity contribution >= 4 is 33.5 Å². The van der Waals surface area contributed by atoms with Crippen molar-refractivity contribution in [1.82, 2.24) is 9.55 Å². The Labute approximate surface area is 263 Å². The Morgan fingerprint density at radius 1 is 0.905 bits per heavy atom. The van der Waals surface area contributed by atoms with Crippen LogP contribution in [0, 0.1) is 32.9 Å². The van der Waals surface area contributed by atoms with Crippen LogP contribution in [0.3, 0.4) is 0 Å². The van der Waals surface area contributed by atoms with E-state index in [2.05, 4.69) is 133 Å². The first-order chi connectivity index (χ1) is 19.8. The molecule has 42 heavy (non-hydrogen) atoms. The molecule has 0 atom stereocenters. The Morgan fingerprint density at radius 2 is 1.67 bits per heavy atom. The van der Waals surface area contributed by atoms with Crippen molar-refractivity contribution < 1.29 is 29.3 Å². The molecule has 3 aromatic carbocycles. The summed E-state index contributed by atoms with van der Waals surface area (Å²) in [6.07, 6.45) is 6.72. The average Bonchev–Trinajstić information content (AvgIpc) is 3.50. The predicted molar refractivity (Wildman–Crippen MR) is 168 cm³/mol. The van der Waals surface area contributed by atoms with Crippen LogP contribution < -0.4 is 0 Å². The van der Waals surface area contributed by atoms with Crippen LogP contribution in [0.1, 0.15) is 62.3 Å². The Morgan fingerprint density at radius 3 is 2.38 bits per heavy atom. The van der Waals surface area contributed by atoms with Crippen molar-refractivity contribution in [2.24, 2.45) is 0 Å². The molecule has 0 N–H and O–H groups in total. The number of rotatable bonds is 3. The van der Waals surface area contributed by atoms with Crippen molar-refractivity contribution in [3.63, 3.8) is 0 Å². The quantitative estimate of drug-likeness (QED) is 0.134. The van der Waals surface area contributed by atoms with Gasteiger partial charge in [-0.25, -0.2) is 0 Å². The van der Waals surface area contributed by atoms with Gasteiger partial charge < -0.3 is 9.55 Å². The van der Waals surface area contributed by atoms with E-state index < -0.39 is 0 Å². The zero-order valence-electron chi connectivity index (χ0n) is 25.4. The maximum absolute atomic E-state index is 4.41. The third-order valence-corrected chi connectivity index (χ3v) is 8.34. The smallest absolute Gasteiger partial charge is 0.386 e. The average molecular weight is 731 g/mol. The second kappa shape index (κ2) is 12.3. The van der Waals surface area contributed by atoms with Gasteiger partial charge in [-0.2, -0.15) is 12.1 Å². The fourth-order valence-corrected chi connectivity index (χ4v) is 6.04. The minimum Gasteiger partial charge on any atom is -0.386 e. The van der Waals surface area contributed by atoms with Gasteiger partial charge in [0.05, 0.1) is 0 Å². The number of aryl methyl sites for hydroxylation is 3. The summed E-state index contributed by atoms with van der Waals surface area (Å²) in [5, 5.41) is 2.62. The van der Waals surface area contributed by atoms with E-state index in [1.165, 1.54) is 62.7 Å². The molecule has 1 aliphatic heterocycles. The normalized spacial score (nSPS) is 14.4. The van der Waals surface area contributed by atoms with E-state index in [0.29, 0.717) is 6.04 Å². The summed E-state index contributed by atoms with van der Waals surface area (Å²) in [4.78, 5) is 4.41. The number of benzene rings is 3. The number of pyridine rings is 1. The van der Waals surface area contributed by atoms with E-state index in [1.807, 2.05) is 12.3 Å². The molecule has 1 aliphatic carbocycles. The molecule has 5 aromatic rings. The third kappa shape index (κ3) is 5.45. The molecule has 0 saturated heterocycles. The topological polar surface area (TPSA) is 23.8 Å². The fourth-order valence-electron chi connectivity index (χ4n) is 6.04. The van der Waals surface area contributed by atoms with Gasteiger partial charge in [0.15, 0.2) is 7.05 Å². The summed E-state index contributed by atoms with van der Waals surface area (Å²) in [5.41, 5.74) is 12.3. The second-order valence-electron chi connectivity index (χ2n) is 11.6. The van der Waals surface area contributed by atoms with Crippen LogP contribution >= 0.6 is 0 Å². The van der Waals surface area contributed by atoms with Gasteiger partial charge >= 0.3 is 6.01 Å². The summed E-state index contributed by atoms with van der Waals surface area (Å²) < 4.78 is 6.91. The first kappa shape index (κ1) is 29.9. The Kier molecular flexibility index (Phi) is 8.75. The van der Waals surface area contributed by atoms with Crippen LogP contribution in [0.4, 0.5) is 5.69 Å². The summed E-state index contributed by atoms with van der Waals surface area (Å²) in [6.45, 7) is 10.8. The van der Waals surface area contributed by atoms with E-state index in [-0.39, 0.29) is 20.1 Å². The minimum absolute atomic E-state index is 0. The second-order valence-corrected chi connectivity index (χ2v) is 11.6. The Balaban J connectivity index is 0.000000189. The monoisotopic (exact) mass is 731 g/mol. The van der Waals surface area contributed by atoms with Gasteiger partial charge in [0.1, 0.15) is 5.69 Å². The van der Waals surface area contributed by atoms with Crippen LogP contribution in [-0.4, -0.2) is 31.8 Å². The minimum atomic E-state index is 0. The molecular formula is C37H38IrN4. The summed E-state index contributed by atoms with van der Waals surface area (Å²) >= 11 is 0. The number of hydrogen-bond acceptors (Lipinski definition) is 1. The molecule has 3 heterocycles. The van der Waals surface area contributed by atoms with Gasteiger partial charge in [0, 0.05) is 56.2 Å². The summed E-state index contributed by atoms with van der Waals surface area (Å²) in [6, 6.07) is 32.0. The largest absolute Gasteiger partial charge is 0.493 e. The molecule has 0 fully saturated rings. The van der Waals surface area contributed by atoms with Crippen LogP contribution in [0.15, 0.2) is 78.3 Å². The van der Waals surface area contributed by atoms with Crippen molar-refractivity contribution in [2.75, 3.05) is 7.05 Å². The molecule has 0 bridgehead atoms. The van der Waals surface area contributed by atoms with E-state index in [4.69, 9.17) is 0 Å². The van der Waals surface area contributed by atoms with E-state index in [1.54, 1.807) is 0 Å². The van der Waals surface area contributed by atoms with Crippen LogP contribution in [0.5, 0.6) is 0 Å². The van der Waals surface area contributed by atoms with Crippen molar-refractivity contribution in [3.05, 3.63) is 107 Å². The van der Waals surface area contributed by atoms with Crippen molar-refractivity contribution in [2.45, 2.75) is 66.3 Å². The van der Waals surface area contributed by atoms with Gasteiger partial charge in [-0.05, 0) is 63.2 Å². The zero-order valence-corrected chi connectivity index (χ0v) is 27.8. The van der Waals surface area contributed by atoms with E-state index in [0.717, 1.165) is 29.8 Å². The van der Waals surface area contributed by atoms with Gasteiger partial charge in [-0.1, -0.05) is 51.3 Å². The first-order valence-corrected chi connectivity index (χ1v) is 14.7. The van der Waals surface area contributed by atoms with Gasteiger partial charge in [0.2, 0.25) is 0 Å². The Bertz CT molecular complexity index is 1880. The molecular weight excluding hydrogens is 693 g/mol. The SMILES string of the molecule is CC(C)n1c2ccccc2c2cc[c-]c([N+]3=C=[N+](C)C4=C3CCCC4)c21.Cc1c[c-]c(-c2cc(C)c(C)cn2)cc1.[Ir]. The molecule has 1 radical (unpaired) electrons. The Hall–Kier alpha value is -3.62. The van der Waals surface area contributed by atoms with Crippen LogP contribution in [0.25, 0.3) is 33.1 Å². The van der Waals surface area contributed by atoms with Crippen LogP contribution in [-0.2, 0) is 20.1 Å². The summed E-state index contributed by atoms with van der Waals surface area (Å²) in [5.74, 6) is 0. The van der Waals surface area contributed by atoms with E-state index >= 15 is 0 Å². The molecule has 215 valence electrons. The molecule has 0 saturated carbocycles. The van der Waals surface area contributed by atoms with Crippen molar-refractivity contribution in [3.8, 4) is 11.3 Å². The molecule has 7 rings (SSSR count). The van der Waals surface area contributed by atoms with E-state index in [9.17, 15) is 0 Å². The molecule has 0 unspecified atom stereocenters. The predicted octanol–water partition coefficient (Wildman–Crippen LogP) is 8.91. The number of fused-ring (bicyclic) bond motifs is 3. The maximum atomic E-state index is 4.41. The van der Waals surface area contributed by atoms with Crippen molar-refractivity contribution in [1.29, 1.82) is 0 Å². The number of para-hydroxylation sites is 1. The molecule has 5 heteroatoms. The number of aromatic nitrogens is 2. The molecule has 2 aliphatic rings. The number of nitrogens with zero attached hydrogens (tertiary/aromatic N) is 4. The molecule has 0 spiro atoms. The number of hydrogen-bond donors (Lipinski definition) is 0. The number of allylic oxidation sites excluding steroid dienone is 2. The first-order valence-electron chi connectivity index (χ1n) is 14.7. The van der Waals surface area contributed by atoms with Gasteiger partial charge in [-0.15, -0.1) is 41.5 Å². The summed E-state index contributed by atoms with van der Waals surface area (Å²) in [7, 11) is 2.12. The van der Waals surface area contributed by atoms with Gasteiger partial charge in [-0.3, -0.25) is 0 Å². The zero-order chi connectivity index (χ0) is 28.7. The fraction of sp³-hybridized carbons (Fsp3) is 0.297. The van der Waals surface area contributed by atoms with Crippen LogP contribution in [0.2, 0.25) is 0 Å². The molecule has 0 amide bonds. The molecule has 4 nitrogen and oxygen atoms in total. The molecule has 2 aromatic heterocycles. The maximum Gasteiger partial charge on any atom is 0.493 e.